The molecule has 4 N–H and O–H groups in total. The number of carbonyl (C=O) groups is 1. The molecule has 4 nitrogen and oxygen atoms in total. The number of rotatable bonds is 6. The molecule has 19 heavy (non-hydrogen) atoms. The average Bonchev–Trinajstić information content (AvgIpc) is 2.34. The van der Waals surface area contributed by atoms with Crippen molar-refractivity contribution >= 4 is 11.6 Å². The average molecular weight is 263 g/mol. The van der Waals surface area contributed by atoms with Crippen molar-refractivity contribution in [2.75, 3.05) is 25.0 Å². The second-order valence-electron chi connectivity index (χ2n) is 5.61. The zero-order chi connectivity index (χ0) is 14.3. The molecule has 0 unspecified atom stereocenters. The number of hydrogen-bond donors (Lipinski definition) is 3. The van der Waals surface area contributed by atoms with E-state index in [0.29, 0.717) is 26.1 Å². The van der Waals surface area contributed by atoms with Crippen molar-refractivity contribution in [3.8, 4) is 0 Å². The Bertz CT molecular complexity index is 410. The van der Waals surface area contributed by atoms with Gasteiger partial charge in [-0.25, -0.2) is 0 Å². The van der Waals surface area contributed by atoms with Gasteiger partial charge in [0.2, 0.25) is 5.91 Å². The molecule has 4 heteroatoms. The molecule has 0 spiro atoms. The van der Waals surface area contributed by atoms with Crippen molar-refractivity contribution in [2.24, 2.45) is 5.73 Å². The van der Waals surface area contributed by atoms with Gasteiger partial charge in [0.1, 0.15) is 0 Å². The van der Waals surface area contributed by atoms with Gasteiger partial charge in [-0.3, -0.25) is 4.79 Å². The van der Waals surface area contributed by atoms with Gasteiger partial charge in [-0.05, 0) is 17.0 Å². The van der Waals surface area contributed by atoms with E-state index in [1.807, 2.05) is 6.07 Å². The summed E-state index contributed by atoms with van der Waals surface area (Å²) in [6, 6.07) is 8.27. The van der Waals surface area contributed by atoms with E-state index in [2.05, 4.69) is 49.6 Å². The first-order valence-electron chi connectivity index (χ1n) is 6.75. The summed E-state index contributed by atoms with van der Waals surface area (Å²) < 4.78 is 0. The number of anilines is 1. The highest BCUT2D eigenvalue weighted by Gasteiger charge is 2.16. The van der Waals surface area contributed by atoms with E-state index < -0.39 is 0 Å². The van der Waals surface area contributed by atoms with Crippen LogP contribution in [-0.4, -0.2) is 25.5 Å². The van der Waals surface area contributed by atoms with Crippen LogP contribution < -0.4 is 16.4 Å². The zero-order valence-corrected chi connectivity index (χ0v) is 12.1. The number of carbonyl (C=O) groups excluding carboxylic acids is 1. The number of nitrogens with one attached hydrogen (secondary N) is 2. The molecule has 0 aliphatic carbocycles. The third-order valence-electron chi connectivity index (χ3n) is 2.87. The molecule has 0 fully saturated rings. The highest BCUT2D eigenvalue weighted by Crippen LogP contribution is 2.28. The Morgan fingerprint density at radius 1 is 1.21 bits per heavy atom. The third kappa shape index (κ3) is 5.30. The van der Waals surface area contributed by atoms with Gasteiger partial charge in [-0.2, -0.15) is 0 Å². The van der Waals surface area contributed by atoms with Gasteiger partial charge in [0.15, 0.2) is 0 Å². The van der Waals surface area contributed by atoms with E-state index in [1.54, 1.807) is 0 Å². The van der Waals surface area contributed by atoms with Gasteiger partial charge in [0.25, 0.3) is 0 Å². The molecule has 0 radical (unpaired) electrons. The molecule has 0 heterocycles. The van der Waals surface area contributed by atoms with E-state index in [9.17, 15) is 4.79 Å². The van der Waals surface area contributed by atoms with Gasteiger partial charge in [-0.1, -0.05) is 39.0 Å². The predicted molar refractivity (Wildman–Crippen MR) is 80.3 cm³/mol. The van der Waals surface area contributed by atoms with Crippen LogP contribution in [0.15, 0.2) is 24.3 Å². The second-order valence-corrected chi connectivity index (χ2v) is 5.61. The monoisotopic (exact) mass is 263 g/mol. The molecule has 1 aromatic rings. The maximum absolute atomic E-state index is 11.3. The number of nitrogens with two attached hydrogens (primary N) is 1. The van der Waals surface area contributed by atoms with Crippen LogP contribution in [0.3, 0.4) is 0 Å². The van der Waals surface area contributed by atoms with Gasteiger partial charge in [-0.15, -0.1) is 0 Å². The third-order valence-corrected chi connectivity index (χ3v) is 2.87. The quantitative estimate of drug-likeness (QED) is 0.686. The Morgan fingerprint density at radius 3 is 2.53 bits per heavy atom. The summed E-state index contributed by atoms with van der Waals surface area (Å²) in [4.78, 5) is 11.3. The molecule has 1 amide bonds. The predicted octanol–water partition coefficient (Wildman–Crippen LogP) is 1.86. The lowest BCUT2D eigenvalue weighted by Gasteiger charge is -2.23. The number of para-hydroxylation sites is 1. The highest BCUT2D eigenvalue weighted by atomic mass is 16.1. The summed E-state index contributed by atoms with van der Waals surface area (Å²) >= 11 is 0. The Morgan fingerprint density at radius 2 is 1.89 bits per heavy atom. The van der Waals surface area contributed by atoms with Crippen LogP contribution in [0.1, 0.15) is 32.8 Å². The van der Waals surface area contributed by atoms with Crippen molar-refractivity contribution in [3.05, 3.63) is 29.8 Å². The molecular formula is C15H25N3O. The molecule has 106 valence electrons. The molecule has 0 aromatic heterocycles. The minimum Gasteiger partial charge on any atom is -0.383 e. The molecular weight excluding hydrogens is 238 g/mol. The normalized spacial score (nSPS) is 11.2. The van der Waals surface area contributed by atoms with Crippen molar-refractivity contribution in [1.29, 1.82) is 0 Å². The smallest absolute Gasteiger partial charge is 0.221 e. The Kier molecular flexibility index (Phi) is 5.83. The van der Waals surface area contributed by atoms with Crippen LogP contribution >= 0.6 is 0 Å². The summed E-state index contributed by atoms with van der Waals surface area (Å²) in [5.41, 5.74) is 7.83. The molecule has 0 saturated carbocycles. The van der Waals surface area contributed by atoms with E-state index in [4.69, 9.17) is 5.73 Å². The van der Waals surface area contributed by atoms with Crippen molar-refractivity contribution in [2.45, 2.75) is 32.6 Å². The van der Waals surface area contributed by atoms with E-state index >= 15 is 0 Å². The lowest BCUT2D eigenvalue weighted by atomic mass is 9.86. The van der Waals surface area contributed by atoms with Crippen LogP contribution in [0.5, 0.6) is 0 Å². The number of benzene rings is 1. The van der Waals surface area contributed by atoms with Gasteiger partial charge >= 0.3 is 0 Å². The van der Waals surface area contributed by atoms with Crippen LogP contribution in [-0.2, 0) is 10.2 Å². The first-order chi connectivity index (χ1) is 8.95. The molecule has 0 bridgehead atoms. The van der Waals surface area contributed by atoms with Crippen LogP contribution in [0.2, 0.25) is 0 Å². The van der Waals surface area contributed by atoms with E-state index in [1.165, 1.54) is 5.56 Å². The topological polar surface area (TPSA) is 67.1 Å². The molecule has 0 saturated heterocycles. The Labute approximate surface area is 115 Å². The molecule has 0 atom stereocenters. The lowest BCUT2D eigenvalue weighted by molar-refractivity contribution is -0.120. The van der Waals surface area contributed by atoms with Crippen molar-refractivity contribution < 1.29 is 4.79 Å². The van der Waals surface area contributed by atoms with Gasteiger partial charge < -0.3 is 16.4 Å². The van der Waals surface area contributed by atoms with Gasteiger partial charge in [0.05, 0.1) is 0 Å². The summed E-state index contributed by atoms with van der Waals surface area (Å²) in [7, 11) is 0. The fourth-order valence-corrected chi connectivity index (χ4v) is 1.91. The first-order valence-corrected chi connectivity index (χ1v) is 6.75. The highest BCUT2D eigenvalue weighted by molar-refractivity contribution is 5.76. The van der Waals surface area contributed by atoms with Gasteiger partial charge in [0, 0.05) is 31.7 Å². The summed E-state index contributed by atoms with van der Waals surface area (Å²) in [6.07, 6.45) is 0.387. The first kappa shape index (κ1) is 15.5. The Balaban J connectivity index is 2.48. The van der Waals surface area contributed by atoms with Crippen molar-refractivity contribution in [1.82, 2.24) is 5.32 Å². The minimum atomic E-state index is 0.00778. The maximum Gasteiger partial charge on any atom is 0.221 e. The molecule has 1 rings (SSSR count). The van der Waals surface area contributed by atoms with Crippen LogP contribution in [0.4, 0.5) is 5.69 Å². The largest absolute Gasteiger partial charge is 0.383 e. The molecule has 0 aliphatic heterocycles. The van der Waals surface area contributed by atoms with E-state index in [-0.39, 0.29) is 11.3 Å². The number of amides is 1. The standard InChI is InChI=1S/C15H25N3O/c1-15(2,3)12-6-4-5-7-13(12)17-10-11-18-14(19)8-9-16/h4-7,17H,8-11,16H2,1-3H3,(H,18,19). The maximum atomic E-state index is 11.3. The van der Waals surface area contributed by atoms with E-state index in [0.717, 1.165) is 5.69 Å². The summed E-state index contributed by atoms with van der Waals surface area (Å²) in [5, 5.41) is 6.20. The zero-order valence-electron chi connectivity index (χ0n) is 12.1. The van der Waals surface area contributed by atoms with Crippen molar-refractivity contribution in [3.63, 3.8) is 0 Å². The number of hydrogen-bond acceptors (Lipinski definition) is 3. The van der Waals surface area contributed by atoms with Crippen LogP contribution in [0.25, 0.3) is 0 Å². The minimum absolute atomic E-state index is 0.00778. The summed E-state index contributed by atoms with van der Waals surface area (Å²) in [6.45, 7) is 8.29. The second kappa shape index (κ2) is 7.14. The summed E-state index contributed by atoms with van der Waals surface area (Å²) in [5.74, 6) is 0.00778. The Hall–Kier alpha value is -1.55. The molecule has 0 aliphatic rings. The van der Waals surface area contributed by atoms with Crippen LogP contribution in [0, 0.1) is 0 Å². The molecule has 1 aromatic carbocycles. The fourth-order valence-electron chi connectivity index (χ4n) is 1.91. The SMILES string of the molecule is CC(C)(C)c1ccccc1NCCNC(=O)CCN. The lowest BCUT2D eigenvalue weighted by Crippen LogP contribution is -2.30. The fraction of sp³-hybridized carbons (Fsp3) is 0.533.